The number of carbonyl (C=O) groups excluding carboxylic acids is 1. The van der Waals surface area contributed by atoms with Crippen LogP contribution in [0.4, 0.5) is 5.69 Å². The second-order valence-electron chi connectivity index (χ2n) is 6.61. The van der Waals surface area contributed by atoms with Gasteiger partial charge in [0.25, 0.3) is 0 Å². The van der Waals surface area contributed by atoms with Crippen molar-refractivity contribution in [1.29, 1.82) is 0 Å². The number of piperidine rings is 1. The van der Waals surface area contributed by atoms with Gasteiger partial charge in [0.1, 0.15) is 0 Å². The van der Waals surface area contributed by atoms with Gasteiger partial charge in [-0.15, -0.1) is 0 Å². The number of aliphatic carboxylic acids is 1. The predicted molar refractivity (Wildman–Crippen MR) is 88.7 cm³/mol. The van der Waals surface area contributed by atoms with Crippen molar-refractivity contribution >= 4 is 17.6 Å². The Labute approximate surface area is 136 Å². The van der Waals surface area contributed by atoms with E-state index in [1.165, 1.54) is 11.1 Å². The van der Waals surface area contributed by atoms with Gasteiger partial charge in [0.15, 0.2) is 0 Å². The molecule has 1 amide bonds. The van der Waals surface area contributed by atoms with E-state index in [4.69, 9.17) is 5.11 Å². The highest BCUT2D eigenvalue weighted by atomic mass is 16.4. The lowest BCUT2D eigenvalue weighted by Gasteiger charge is -2.30. The SMILES string of the molecule is CC(=O)N1CCc2cc(CCN3CCCC(C(=O)O)C3)ccc21. The maximum Gasteiger partial charge on any atom is 0.307 e. The second kappa shape index (κ2) is 6.71. The second-order valence-corrected chi connectivity index (χ2v) is 6.61. The molecule has 23 heavy (non-hydrogen) atoms. The van der Waals surface area contributed by atoms with Gasteiger partial charge in [-0.2, -0.15) is 0 Å². The lowest BCUT2D eigenvalue weighted by atomic mass is 9.97. The van der Waals surface area contributed by atoms with Crippen LogP contribution in [0, 0.1) is 5.92 Å². The van der Waals surface area contributed by atoms with Crippen molar-refractivity contribution in [3.63, 3.8) is 0 Å². The number of carbonyl (C=O) groups is 2. The molecule has 1 N–H and O–H groups in total. The fourth-order valence-electron chi connectivity index (χ4n) is 3.69. The molecule has 1 unspecified atom stereocenters. The highest BCUT2D eigenvalue weighted by Crippen LogP contribution is 2.29. The summed E-state index contributed by atoms with van der Waals surface area (Å²) < 4.78 is 0. The highest BCUT2D eigenvalue weighted by Gasteiger charge is 2.25. The minimum Gasteiger partial charge on any atom is -0.481 e. The molecular weight excluding hydrogens is 292 g/mol. The van der Waals surface area contributed by atoms with E-state index in [1.807, 2.05) is 4.90 Å². The molecule has 0 radical (unpaired) electrons. The van der Waals surface area contributed by atoms with Gasteiger partial charge in [0, 0.05) is 32.2 Å². The highest BCUT2D eigenvalue weighted by molar-refractivity contribution is 5.93. The van der Waals surface area contributed by atoms with Crippen molar-refractivity contribution in [2.24, 2.45) is 5.92 Å². The molecule has 1 fully saturated rings. The van der Waals surface area contributed by atoms with Crippen molar-refractivity contribution in [3.8, 4) is 0 Å². The maximum absolute atomic E-state index is 11.6. The number of fused-ring (bicyclic) bond motifs is 1. The normalized spacial score (nSPS) is 21.3. The van der Waals surface area contributed by atoms with Gasteiger partial charge in [0.05, 0.1) is 5.92 Å². The number of nitrogens with zero attached hydrogens (tertiary/aromatic N) is 2. The topological polar surface area (TPSA) is 60.9 Å². The molecule has 0 bridgehead atoms. The lowest BCUT2D eigenvalue weighted by molar-refractivity contribution is -0.143. The number of hydrogen-bond donors (Lipinski definition) is 1. The van der Waals surface area contributed by atoms with Crippen molar-refractivity contribution in [2.45, 2.75) is 32.6 Å². The van der Waals surface area contributed by atoms with Crippen LogP contribution in [0.15, 0.2) is 18.2 Å². The van der Waals surface area contributed by atoms with E-state index in [1.54, 1.807) is 6.92 Å². The summed E-state index contributed by atoms with van der Waals surface area (Å²) >= 11 is 0. The Hall–Kier alpha value is -1.88. The Bertz CT molecular complexity index is 614. The van der Waals surface area contributed by atoms with Crippen molar-refractivity contribution in [2.75, 3.05) is 31.1 Å². The summed E-state index contributed by atoms with van der Waals surface area (Å²) in [6, 6.07) is 6.35. The molecular formula is C18H24N2O3. The summed E-state index contributed by atoms with van der Waals surface area (Å²) in [5, 5.41) is 9.16. The molecule has 0 aliphatic carbocycles. The molecule has 2 aliphatic heterocycles. The lowest BCUT2D eigenvalue weighted by Crippen LogP contribution is -2.39. The Morgan fingerprint density at radius 2 is 2.13 bits per heavy atom. The van der Waals surface area contributed by atoms with Crippen LogP contribution < -0.4 is 4.90 Å². The van der Waals surface area contributed by atoms with Gasteiger partial charge in [0.2, 0.25) is 5.91 Å². The summed E-state index contributed by atoms with van der Waals surface area (Å²) in [4.78, 5) is 26.8. The van der Waals surface area contributed by atoms with Crippen LogP contribution in [-0.4, -0.2) is 48.1 Å². The zero-order valence-corrected chi connectivity index (χ0v) is 13.6. The number of carboxylic acids is 1. The summed E-state index contributed by atoms with van der Waals surface area (Å²) in [6.07, 6.45) is 3.62. The molecule has 0 aromatic heterocycles. The van der Waals surface area contributed by atoms with Crippen LogP contribution in [-0.2, 0) is 22.4 Å². The van der Waals surface area contributed by atoms with Crippen LogP contribution in [0.2, 0.25) is 0 Å². The Morgan fingerprint density at radius 3 is 2.87 bits per heavy atom. The fraction of sp³-hybridized carbons (Fsp3) is 0.556. The number of likely N-dealkylation sites (tertiary alicyclic amines) is 1. The van der Waals surface area contributed by atoms with Gasteiger partial charge in [-0.25, -0.2) is 0 Å². The predicted octanol–water partition coefficient (Wildman–Crippen LogP) is 1.93. The maximum atomic E-state index is 11.6. The number of carboxylic acid groups (broad SMARTS) is 1. The molecule has 1 atom stereocenters. The molecule has 0 saturated carbocycles. The van der Waals surface area contributed by atoms with Gasteiger partial charge >= 0.3 is 5.97 Å². The Morgan fingerprint density at radius 1 is 1.30 bits per heavy atom. The average molecular weight is 316 g/mol. The number of amides is 1. The van der Waals surface area contributed by atoms with Crippen LogP contribution in [0.25, 0.3) is 0 Å². The van der Waals surface area contributed by atoms with Crippen LogP contribution >= 0.6 is 0 Å². The molecule has 1 aromatic rings. The molecule has 1 aromatic carbocycles. The summed E-state index contributed by atoms with van der Waals surface area (Å²) in [5.74, 6) is -0.783. The molecule has 5 heteroatoms. The third-order valence-electron chi connectivity index (χ3n) is 4.99. The molecule has 1 saturated heterocycles. The van der Waals surface area contributed by atoms with Gasteiger partial charge in [-0.05, 0) is 49.4 Å². The fourth-order valence-corrected chi connectivity index (χ4v) is 3.69. The van der Waals surface area contributed by atoms with Crippen molar-refractivity contribution in [1.82, 2.24) is 4.90 Å². The number of rotatable bonds is 4. The molecule has 5 nitrogen and oxygen atoms in total. The van der Waals surface area contributed by atoms with E-state index in [2.05, 4.69) is 23.1 Å². The van der Waals surface area contributed by atoms with Crippen LogP contribution in [0.1, 0.15) is 30.9 Å². The van der Waals surface area contributed by atoms with E-state index < -0.39 is 5.97 Å². The minimum atomic E-state index is -0.670. The van der Waals surface area contributed by atoms with Gasteiger partial charge in [-0.1, -0.05) is 12.1 Å². The molecule has 2 heterocycles. The standard InChI is InChI=1S/C18H24N2O3/c1-13(21)20-10-7-15-11-14(4-5-17(15)20)6-9-19-8-2-3-16(12-19)18(22)23/h4-5,11,16H,2-3,6-10,12H2,1H3,(H,22,23). The molecule has 2 aliphatic rings. The van der Waals surface area contributed by atoms with E-state index in [0.29, 0.717) is 6.54 Å². The van der Waals surface area contributed by atoms with Crippen LogP contribution in [0.5, 0.6) is 0 Å². The number of anilines is 1. The monoisotopic (exact) mass is 316 g/mol. The van der Waals surface area contributed by atoms with E-state index in [9.17, 15) is 9.59 Å². The zero-order chi connectivity index (χ0) is 16.4. The number of benzene rings is 1. The quantitative estimate of drug-likeness (QED) is 0.922. The third kappa shape index (κ3) is 3.55. The first-order valence-electron chi connectivity index (χ1n) is 8.39. The summed E-state index contributed by atoms with van der Waals surface area (Å²) in [5.41, 5.74) is 3.57. The summed E-state index contributed by atoms with van der Waals surface area (Å²) in [6.45, 7) is 4.95. The third-order valence-corrected chi connectivity index (χ3v) is 4.99. The average Bonchev–Trinajstić information content (AvgIpc) is 2.96. The van der Waals surface area contributed by atoms with E-state index in [0.717, 1.165) is 51.0 Å². The molecule has 3 rings (SSSR count). The molecule has 124 valence electrons. The van der Waals surface area contributed by atoms with Gasteiger partial charge in [-0.3, -0.25) is 9.59 Å². The minimum absolute atomic E-state index is 0.101. The van der Waals surface area contributed by atoms with E-state index >= 15 is 0 Å². The smallest absolute Gasteiger partial charge is 0.307 e. The van der Waals surface area contributed by atoms with Crippen molar-refractivity contribution < 1.29 is 14.7 Å². The largest absolute Gasteiger partial charge is 0.481 e. The summed E-state index contributed by atoms with van der Waals surface area (Å²) in [7, 11) is 0. The first-order valence-corrected chi connectivity index (χ1v) is 8.39. The number of hydrogen-bond acceptors (Lipinski definition) is 3. The van der Waals surface area contributed by atoms with Gasteiger partial charge < -0.3 is 14.9 Å². The van der Waals surface area contributed by atoms with Crippen molar-refractivity contribution in [3.05, 3.63) is 29.3 Å². The van der Waals surface area contributed by atoms with E-state index in [-0.39, 0.29) is 11.8 Å². The Balaban J connectivity index is 1.59. The first-order chi connectivity index (χ1) is 11.0. The first kappa shape index (κ1) is 16.0. The van der Waals surface area contributed by atoms with Crippen LogP contribution in [0.3, 0.4) is 0 Å². The molecule has 0 spiro atoms. The zero-order valence-electron chi connectivity index (χ0n) is 13.6. The Kier molecular flexibility index (Phi) is 4.66.